The molecule has 0 unspecified atom stereocenters. The highest BCUT2D eigenvalue weighted by atomic mass is 19.1. The fourth-order valence-electron chi connectivity index (χ4n) is 1.77. The molecule has 1 aliphatic heterocycles. The number of nitrogens with one attached hydrogen (secondary N) is 1. The highest BCUT2D eigenvalue weighted by molar-refractivity contribution is 5.80. The maximum atomic E-state index is 13.0. The molecule has 0 aliphatic carbocycles. The van der Waals surface area contributed by atoms with Crippen LogP contribution in [0, 0.1) is 5.82 Å². The van der Waals surface area contributed by atoms with Gasteiger partial charge >= 0.3 is 5.69 Å². The predicted octanol–water partition coefficient (Wildman–Crippen LogP) is -3.14. The molecule has 3 atom stereocenters. The number of nitrogens with zero attached hydrogens (tertiary/aromatic N) is 1. The van der Waals surface area contributed by atoms with Crippen molar-refractivity contribution >= 4 is 5.78 Å². The van der Waals surface area contributed by atoms with Gasteiger partial charge in [0.1, 0.15) is 25.5 Å². The standard InChI is InChI=1S/C9H11FN2O5.C3H6O3/c10-4-2-12(9(16)11-8(4)15)7-1-5(14)6(3-13)17-7;4-1-3(6)2-5/h2,5-7,13-14H,1,3H2,(H,11,15,16);4-5H,1-2H2/t5-,6+,7+;/m0./s1. The third-order valence-corrected chi connectivity index (χ3v) is 2.97. The van der Waals surface area contributed by atoms with Crippen molar-refractivity contribution in [3.8, 4) is 0 Å². The lowest BCUT2D eigenvalue weighted by Crippen LogP contribution is -2.34. The zero-order valence-corrected chi connectivity index (χ0v) is 11.9. The molecular weight excluding hydrogens is 319 g/mol. The van der Waals surface area contributed by atoms with Crippen LogP contribution in [0.15, 0.2) is 15.8 Å². The minimum Gasteiger partial charge on any atom is -0.394 e. The van der Waals surface area contributed by atoms with E-state index in [2.05, 4.69) is 0 Å². The monoisotopic (exact) mass is 336 g/mol. The minimum atomic E-state index is -1.12. The van der Waals surface area contributed by atoms with Crippen LogP contribution >= 0.6 is 0 Å². The van der Waals surface area contributed by atoms with Crippen LogP contribution in [0.3, 0.4) is 0 Å². The van der Waals surface area contributed by atoms with E-state index in [9.17, 15) is 23.9 Å². The number of carbonyl (C=O) groups excluding carboxylic acids is 1. The van der Waals surface area contributed by atoms with E-state index in [4.69, 9.17) is 20.1 Å². The van der Waals surface area contributed by atoms with Gasteiger partial charge in [0.2, 0.25) is 5.82 Å². The summed E-state index contributed by atoms with van der Waals surface area (Å²) in [6, 6.07) is 0. The number of aromatic amines is 1. The van der Waals surface area contributed by atoms with Crippen LogP contribution in [0.5, 0.6) is 0 Å². The molecule has 1 fully saturated rings. The molecule has 5 N–H and O–H groups in total. The quantitative estimate of drug-likeness (QED) is 0.385. The van der Waals surface area contributed by atoms with E-state index in [1.165, 1.54) is 0 Å². The van der Waals surface area contributed by atoms with Crippen molar-refractivity contribution in [3.63, 3.8) is 0 Å². The molecule has 0 radical (unpaired) electrons. The number of ketones is 1. The van der Waals surface area contributed by atoms with E-state index in [0.717, 1.165) is 10.8 Å². The lowest BCUT2D eigenvalue weighted by Gasteiger charge is -2.13. The molecule has 0 saturated carbocycles. The molecule has 0 bridgehead atoms. The first-order valence-corrected chi connectivity index (χ1v) is 6.52. The number of Topliss-reactive ketones (excluding diaryl/α,β-unsaturated/α-hetero) is 1. The van der Waals surface area contributed by atoms with Gasteiger partial charge in [-0.15, -0.1) is 0 Å². The average Bonchev–Trinajstić information content (AvgIpc) is 2.91. The van der Waals surface area contributed by atoms with Crippen LogP contribution in [0.2, 0.25) is 0 Å². The maximum Gasteiger partial charge on any atom is 0.330 e. The van der Waals surface area contributed by atoms with E-state index in [-0.39, 0.29) is 6.42 Å². The second-order valence-corrected chi connectivity index (χ2v) is 4.61. The fraction of sp³-hybridized carbons (Fsp3) is 0.583. The first-order chi connectivity index (χ1) is 10.8. The Labute approximate surface area is 128 Å². The van der Waals surface area contributed by atoms with Gasteiger partial charge in [-0.05, 0) is 0 Å². The van der Waals surface area contributed by atoms with Crippen molar-refractivity contribution in [3.05, 3.63) is 32.9 Å². The maximum absolute atomic E-state index is 13.0. The van der Waals surface area contributed by atoms with E-state index < -0.39 is 61.1 Å². The number of rotatable bonds is 4. The molecule has 2 rings (SSSR count). The summed E-state index contributed by atoms with van der Waals surface area (Å²) < 4.78 is 19.0. The minimum absolute atomic E-state index is 0.0383. The molecule has 0 aromatic carbocycles. The number of aliphatic hydroxyl groups is 4. The summed E-state index contributed by atoms with van der Waals surface area (Å²) >= 11 is 0. The Hall–Kier alpha value is -1.92. The predicted molar refractivity (Wildman–Crippen MR) is 72.1 cm³/mol. The molecule has 1 aromatic heterocycles. The molecule has 0 spiro atoms. The van der Waals surface area contributed by atoms with Gasteiger partial charge in [-0.2, -0.15) is 4.39 Å². The van der Waals surface area contributed by atoms with Crippen molar-refractivity contribution < 1.29 is 34.3 Å². The molecule has 2 heterocycles. The number of carbonyl (C=O) groups is 1. The molecule has 23 heavy (non-hydrogen) atoms. The molecule has 1 aromatic rings. The summed E-state index contributed by atoms with van der Waals surface area (Å²) in [5, 5.41) is 34.0. The molecule has 1 aliphatic rings. The number of hydrogen-bond donors (Lipinski definition) is 5. The molecule has 10 nitrogen and oxygen atoms in total. The zero-order valence-electron chi connectivity index (χ0n) is 11.9. The van der Waals surface area contributed by atoms with Crippen molar-refractivity contribution in [2.75, 3.05) is 19.8 Å². The lowest BCUT2D eigenvalue weighted by atomic mass is 10.2. The van der Waals surface area contributed by atoms with E-state index in [1.807, 2.05) is 0 Å². The summed E-state index contributed by atoms with van der Waals surface area (Å²) in [5.74, 6) is -1.66. The molecule has 11 heteroatoms. The number of hydrogen-bond acceptors (Lipinski definition) is 8. The Bertz CT molecular complexity index is 637. The van der Waals surface area contributed by atoms with Gasteiger partial charge in [0.25, 0.3) is 5.56 Å². The van der Waals surface area contributed by atoms with Crippen LogP contribution in [0.1, 0.15) is 12.6 Å². The second kappa shape index (κ2) is 8.64. The summed E-state index contributed by atoms with van der Waals surface area (Å²) in [7, 11) is 0. The van der Waals surface area contributed by atoms with Crippen LogP contribution in [0.25, 0.3) is 0 Å². The number of halogens is 1. The van der Waals surface area contributed by atoms with Crippen molar-refractivity contribution in [1.82, 2.24) is 9.55 Å². The Morgan fingerprint density at radius 1 is 1.35 bits per heavy atom. The molecular formula is C12H17FN2O8. The highest BCUT2D eigenvalue weighted by Gasteiger charge is 2.35. The Morgan fingerprint density at radius 3 is 2.39 bits per heavy atom. The van der Waals surface area contributed by atoms with Crippen LogP contribution in [-0.2, 0) is 9.53 Å². The topological polar surface area (TPSA) is 162 Å². The van der Waals surface area contributed by atoms with Gasteiger partial charge in [-0.1, -0.05) is 0 Å². The fourth-order valence-corrected chi connectivity index (χ4v) is 1.77. The smallest absolute Gasteiger partial charge is 0.330 e. The van der Waals surface area contributed by atoms with Crippen molar-refractivity contribution in [2.45, 2.75) is 24.9 Å². The van der Waals surface area contributed by atoms with E-state index in [1.54, 1.807) is 4.98 Å². The van der Waals surface area contributed by atoms with Crippen LogP contribution in [-0.4, -0.2) is 67.8 Å². The molecule has 130 valence electrons. The summed E-state index contributed by atoms with van der Waals surface area (Å²) in [5.41, 5.74) is -1.93. The third-order valence-electron chi connectivity index (χ3n) is 2.97. The first kappa shape index (κ1) is 19.1. The van der Waals surface area contributed by atoms with Gasteiger partial charge in [-0.25, -0.2) is 4.79 Å². The van der Waals surface area contributed by atoms with Gasteiger partial charge in [0.15, 0.2) is 5.78 Å². The highest BCUT2D eigenvalue weighted by Crippen LogP contribution is 2.27. The van der Waals surface area contributed by atoms with Crippen LogP contribution in [0.4, 0.5) is 4.39 Å². The third kappa shape index (κ3) is 5.04. The van der Waals surface area contributed by atoms with Gasteiger partial charge in [-0.3, -0.25) is 19.1 Å². The zero-order chi connectivity index (χ0) is 17.6. The SMILES string of the molecule is O=C(CO)CO.O=c1[nH]c(=O)n([C@H]2C[C@H](O)[C@@H](CO)O2)cc1F. The Balaban J connectivity index is 0.000000379. The van der Waals surface area contributed by atoms with Gasteiger partial charge in [0.05, 0.1) is 18.9 Å². The molecule has 1 saturated heterocycles. The summed E-state index contributed by atoms with van der Waals surface area (Å²) in [4.78, 5) is 33.7. The number of ether oxygens (including phenoxy) is 1. The van der Waals surface area contributed by atoms with Crippen molar-refractivity contribution in [1.29, 1.82) is 0 Å². The second-order valence-electron chi connectivity index (χ2n) is 4.61. The Morgan fingerprint density at radius 2 is 1.96 bits per heavy atom. The Kier molecular flexibility index (Phi) is 7.19. The number of aromatic nitrogens is 2. The number of aliphatic hydroxyl groups excluding tert-OH is 4. The van der Waals surface area contributed by atoms with E-state index >= 15 is 0 Å². The lowest BCUT2D eigenvalue weighted by molar-refractivity contribution is -0.124. The number of H-pyrrole nitrogens is 1. The summed E-state index contributed by atoms with van der Waals surface area (Å²) in [6.07, 6.45) is -1.90. The summed E-state index contributed by atoms with van der Waals surface area (Å²) in [6.45, 7) is -1.52. The molecule has 0 amide bonds. The average molecular weight is 336 g/mol. The first-order valence-electron chi connectivity index (χ1n) is 6.52. The largest absolute Gasteiger partial charge is 0.394 e. The van der Waals surface area contributed by atoms with Crippen molar-refractivity contribution in [2.24, 2.45) is 0 Å². The van der Waals surface area contributed by atoms with Gasteiger partial charge in [0, 0.05) is 6.42 Å². The normalized spacial score (nSPS) is 23.3. The van der Waals surface area contributed by atoms with Gasteiger partial charge < -0.3 is 25.2 Å². The van der Waals surface area contributed by atoms with E-state index in [0.29, 0.717) is 0 Å². The van der Waals surface area contributed by atoms with Crippen LogP contribution < -0.4 is 11.2 Å².